The Balaban J connectivity index is 1.66. The number of rotatable bonds is 13. The van der Waals surface area contributed by atoms with E-state index in [2.05, 4.69) is 20.8 Å². The van der Waals surface area contributed by atoms with E-state index in [4.69, 9.17) is 31.4 Å². The minimum Gasteiger partial charge on any atom is -0.396 e. The van der Waals surface area contributed by atoms with Crippen LogP contribution in [0.25, 0.3) is 0 Å². The van der Waals surface area contributed by atoms with Gasteiger partial charge in [0.25, 0.3) is 0 Å². The molecular weight excluding hydrogens is 466 g/mol. The minimum absolute atomic E-state index is 0.111. The molecule has 0 amide bonds. The predicted molar refractivity (Wildman–Crippen MR) is 148 cm³/mol. The molecule has 7 heteroatoms. The van der Waals surface area contributed by atoms with Gasteiger partial charge in [-0.25, -0.2) is 0 Å². The summed E-state index contributed by atoms with van der Waals surface area (Å²) >= 11 is 0. The molecular formula is C30H57N3O4. The van der Waals surface area contributed by atoms with Crippen LogP contribution in [0, 0.1) is 46.3 Å². The van der Waals surface area contributed by atoms with Crippen LogP contribution in [-0.4, -0.2) is 69.5 Å². The summed E-state index contributed by atoms with van der Waals surface area (Å²) in [6.45, 7) is 11.4. The SMILES string of the molecule is CC(CCCO)C1CC[C@H]2C3[C@H](OCCN)CC4C[C@H](OCCN)CCC4(C)[C@H]3C[C@H](OCCN)C12C. The maximum absolute atomic E-state index is 9.52. The van der Waals surface area contributed by atoms with Gasteiger partial charge in [-0.05, 0) is 98.7 Å². The van der Waals surface area contributed by atoms with Crippen LogP contribution in [0.15, 0.2) is 0 Å². The molecule has 6 unspecified atom stereocenters. The van der Waals surface area contributed by atoms with E-state index in [0.29, 0.717) is 81.1 Å². The van der Waals surface area contributed by atoms with Crippen molar-refractivity contribution in [3.8, 4) is 0 Å². The molecule has 11 atom stereocenters. The van der Waals surface area contributed by atoms with Gasteiger partial charge in [0.2, 0.25) is 0 Å². The molecule has 4 fully saturated rings. The molecule has 4 aliphatic carbocycles. The van der Waals surface area contributed by atoms with Gasteiger partial charge in [-0.2, -0.15) is 0 Å². The first kappa shape index (κ1) is 29.7. The second kappa shape index (κ2) is 12.9. The number of nitrogens with two attached hydrogens (primary N) is 3. The third kappa shape index (κ3) is 5.66. The largest absolute Gasteiger partial charge is 0.396 e. The van der Waals surface area contributed by atoms with E-state index in [1.807, 2.05) is 0 Å². The highest BCUT2D eigenvalue weighted by atomic mass is 16.5. The monoisotopic (exact) mass is 523 g/mol. The lowest BCUT2D eigenvalue weighted by molar-refractivity contribution is -0.226. The second-order valence-electron chi connectivity index (χ2n) is 13.3. The fraction of sp³-hybridized carbons (Fsp3) is 1.00. The summed E-state index contributed by atoms with van der Waals surface area (Å²) in [6.07, 6.45) is 10.9. The summed E-state index contributed by atoms with van der Waals surface area (Å²) < 4.78 is 19.6. The molecule has 4 saturated carbocycles. The number of ether oxygens (including phenoxy) is 3. The van der Waals surface area contributed by atoms with Gasteiger partial charge in [-0.1, -0.05) is 20.8 Å². The van der Waals surface area contributed by atoms with Crippen LogP contribution in [0.3, 0.4) is 0 Å². The van der Waals surface area contributed by atoms with Crippen LogP contribution in [0.5, 0.6) is 0 Å². The summed E-state index contributed by atoms with van der Waals surface area (Å²) in [5.41, 5.74) is 18.1. The zero-order valence-electron chi connectivity index (χ0n) is 23.9. The first-order valence-electron chi connectivity index (χ1n) is 15.4. The lowest BCUT2D eigenvalue weighted by Gasteiger charge is -2.64. The summed E-state index contributed by atoms with van der Waals surface area (Å²) in [5, 5.41) is 9.52. The summed E-state index contributed by atoms with van der Waals surface area (Å²) in [7, 11) is 0. The van der Waals surface area contributed by atoms with Gasteiger partial charge in [0, 0.05) is 31.7 Å². The van der Waals surface area contributed by atoms with Crippen molar-refractivity contribution < 1.29 is 19.3 Å². The van der Waals surface area contributed by atoms with Gasteiger partial charge in [-0.3, -0.25) is 0 Å². The average molecular weight is 524 g/mol. The minimum atomic E-state index is 0.111. The molecule has 0 saturated heterocycles. The van der Waals surface area contributed by atoms with Crippen molar-refractivity contribution in [3.63, 3.8) is 0 Å². The maximum Gasteiger partial charge on any atom is 0.0637 e. The quantitative estimate of drug-likeness (QED) is 0.292. The molecule has 7 nitrogen and oxygen atoms in total. The van der Waals surface area contributed by atoms with Crippen molar-refractivity contribution in [2.75, 3.05) is 46.1 Å². The fourth-order valence-electron chi connectivity index (χ4n) is 9.92. The van der Waals surface area contributed by atoms with Crippen molar-refractivity contribution >= 4 is 0 Å². The zero-order chi connectivity index (χ0) is 26.6. The van der Waals surface area contributed by atoms with Crippen molar-refractivity contribution in [3.05, 3.63) is 0 Å². The topological polar surface area (TPSA) is 126 Å². The Hall–Kier alpha value is -0.280. The number of aliphatic hydroxyl groups is 1. The molecule has 0 aromatic heterocycles. The Bertz CT molecular complexity index is 712. The Morgan fingerprint density at radius 3 is 2.27 bits per heavy atom. The molecule has 4 aliphatic rings. The third-order valence-corrected chi connectivity index (χ3v) is 11.6. The van der Waals surface area contributed by atoms with Gasteiger partial charge in [0.15, 0.2) is 0 Å². The smallest absolute Gasteiger partial charge is 0.0637 e. The van der Waals surface area contributed by atoms with Gasteiger partial charge in [0.05, 0.1) is 38.1 Å². The van der Waals surface area contributed by atoms with Crippen LogP contribution in [-0.2, 0) is 14.2 Å². The maximum atomic E-state index is 9.52. The van der Waals surface area contributed by atoms with Gasteiger partial charge >= 0.3 is 0 Å². The summed E-state index contributed by atoms with van der Waals surface area (Å²) in [6, 6.07) is 0. The van der Waals surface area contributed by atoms with Crippen molar-refractivity contribution in [1.82, 2.24) is 0 Å². The molecule has 4 rings (SSSR count). The first-order valence-corrected chi connectivity index (χ1v) is 15.4. The molecule has 0 aromatic carbocycles. The van der Waals surface area contributed by atoms with Crippen LogP contribution in [0.4, 0.5) is 0 Å². The van der Waals surface area contributed by atoms with E-state index >= 15 is 0 Å². The van der Waals surface area contributed by atoms with Crippen molar-refractivity contribution in [2.45, 2.75) is 96.9 Å². The molecule has 7 N–H and O–H groups in total. The third-order valence-electron chi connectivity index (χ3n) is 11.6. The number of hydrogen-bond acceptors (Lipinski definition) is 7. The highest BCUT2D eigenvalue weighted by Gasteiger charge is 2.66. The molecule has 37 heavy (non-hydrogen) atoms. The predicted octanol–water partition coefficient (Wildman–Crippen LogP) is 3.31. The Labute approximate surface area is 225 Å². The molecule has 0 aliphatic heterocycles. The zero-order valence-corrected chi connectivity index (χ0v) is 23.9. The van der Waals surface area contributed by atoms with Crippen molar-refractivity contribution in [2.24, 2.45) is 63.5 Å². The van der Waals surface area contributed by atoms with Gasteiger partial charge in [0.1, 0.15) is 0 Å². The van der Waals surface area contributed by atoms with E-state index in [-0.39, 0.29) is 29.6 Å². The van der Waals surface area contributed by atoms with E-state index in [1.54, 1.807) is 0 Å². The van der Waals surface area contributed by atoms with E-state index in [0.717, 1.165) is 38.5 Å². The molecule has 216 valence electrons. The normalized spacial score (nSPS) is 44.2. The summed E-state index contributed by atoms with van der Waals surface area (Å²) in [4.78, 5) is 0. The van der Waals surface area contributed by atoms with Gasteiger partial charge in [-0.15, -0.1) is 0 Å². The van der Waals surface area contributed by atoms with Gasteiger partial charge < -0.3 is 36.5 Å². The van der Waals surface area contributed by atoms with Crippen LogP contribution in [0.2, 0.25) is 0 Å². The number of aliphatic hydroxyl groups excluding tert-OH is 1. The average Bonchev–Trinajstić information content (AvgIpc) is 3.26. The number of hydrogen-bond donors (Lipinski definition) is 4. The highest BCUT2D eigenvalue weighted by molar-refractivity contribution is 5.15. The van der Waals surface area contributed by atoms with E-state index in [1.165, 1.54) is 19.3 Å². The standard InChI is InChI=1S/C30H57N3O4/c1-20(5-4-13-34)23-6-7-24-28-25(19-27(30(23,24)3)37-16-12-33)29(2)9-8-22(35-14-10-31)17-21(29)18-26(28)36-15-11-32/h20-28,34H,4-19,31-33H2,1-3H3/t20?,21?,22-,23?,24+,25+,26-,27+,28?,29?,30?/m1/s1. The van der Waals surface area contributed by atoms with Crippen LogP contribution in [0.1, 0.15) is 78.6 Å². The Kier molecular flexibility index (Phi) is 10.4. The van der Waals surface area contributed by atoms with Crippen LogP contribution < -0.4 is 17.2 Å². The lowest BCUT2D eigenvalue weighted by Crippen LogP contribution is -2.63. The lowest BCUT2D eigenvalue weighted by atomic mass is 9.43. The van der Waals surface area contributed by atoms with E-state index < -0.39 is 0 Å². The second-order valence-corrected chi connectivity index (χ2v) is 13.3. The first-order chi connectivity index (χ1) is 17.8. The molecule has 0 spiro atoms. The van der Waals surface area contributed by atoms with E-state index in [9.17, 15) is 5.11 Å². The molecule has 0 heterocycles. The number of fused-ring (bicyclic) bond motifs is 5. The fourth-order valence-corrected chi connectivity index (χ4v) is 9.92. The molecule has 0 radical (unpaired) electrons. The Morgan fingerprint density at radius 2 is 1.57 bits per heavy atom. The molecule has 0 aromatic rings. The summed E-state index contributed by atoms with van der Waals surface area (Å²) in [5.74, 6) is 3.49. The Morgan fingerprint density at radius 1 is 0.865 bits per heavy atom. The molecule has 0 bridgehead atoms. The van der Waals surface area contributed by atoms with Crippen LogP contribution >= 0.6 is 0 Å². The van der Waals surface area contributed by atoms with Crippen molar-refractivity contribution in [1.29, 1.82) is 0 Å². The highest BCUT2D eigenvalue weighted by Crippen LogP contribution is 2.69.